The number of quaternary nitrogens is 1. The van der Waals surface area contributed by atoms with Gasteiger partial charge < -0.3 is 5.48 Å². The van der Waals surface area contributed by atoms with Crippen molar-refractivity contribution in [2.45, 2.75) is 33.1 Å². The Morgan fingerprint density at radius 1 is 1.06 bits per heavy atom. The summed E-state index contributed by atoms with van der Waals surface area (Å²) in [6, 6.07) is 8.71. The lowest BCUT2D eigenvalue weighted by Crippen LogP contribution is -2.41. The Bertz CT molecular complexity index is 307. The Morgan fingerprint density at radius 2 is 1.69 bits per heavy atom. The largest absolute Gasteiger partial charge is 0.870 e. The van der Waals surface area contributed by atoms with Crippen LogP contribution in [0.2, 0.25) is 0 Å². The van der Waals surface area contributed by atoms with E-state index in [0.717, 1.165) is 4.48 Å². The van der Waals surface area contributed by atoms with Gasteiger partial charge in [-0.2, -0.15) is 0 Å². The van der Waals surface area contributed by atoms with Crippen molar-refractivity contribution in [2.24, 2.45) is 0 Å². The van der Waals surface area contributed by atoms with Crippen LogP contribution in [0.15, 0.2) is 24.3 Å². The monoisotopic (exact) mass is 223 g/mol. The van der Waals surface area contributed by atoms with E-state index in [2.05, 4.69) is 52.2 Å². The molecule has 0 heterocycles. The van der Waals surface area contributed by atoms with Gasteiger partial charge in [-0.1, -0.05) is 31.5 Å². The average molecular weight is 223 g/mol. The van der Waals surface area contributed by atoms with Crippen molar-refractivity contribution in [3.63, 3.8) is 0 Å². The lowest BCUT2D eigenvalue weighted by atomic mass is 10.1. The minimum atomic E-state index is 0. The lowest BCUT2D eigenvalue weighted by molar-refractivity contribution is 0.383. The molecule has 0 aromatic heterocycles. The molecule has 0 fully saturated rings. The Hall–Kier alpha value is -0.860. The van der Waals surface area contributed by atoms with E-state index in [9.17, 15) is 0 Å². The van der Waals surface area contributed by atoms with Crippen LogP contribution in [0.25, 0.3) is 0 Å². The standard InChI is InChI=1S/C14H24N.H2O/c1-5-6-9-12-15(3,4)14-11-8-7-10-13(14)2;/h7-8,10-11H,5-6,9,12H2,1-4H3;1H2/q+1;/p-1. The minimum absolute atomic E-state index is 0. The first-order valence-electron chi connectivity index (χ1n) is 5.97. The average Bonchev–Trinajstić information content (AvgIpc) is 2.18. The minimum Gasteiger partial charge on any atom is -0.870 e. The second kappa shape index (κ2) is 6.66. The molecule has 0 aliphatic carbocycles. The molecule has 2 nitrogen and oxygen atoms in total. The second-order valence-electron chi connectivity index (χ2n) is 4.90. The summed E-state index contributed by atoms with van der Waals surface area (Å²) in [6.07, 6.45) is 3.96. The number of nitrogens with zero attached hydrogens (tertiary/aromatic N) is 1. The van der Waals surface area contributed by atoms with E-state index in [4.69, 9.17) is 0 Å². The molecule has 0 bridgehead atoms. The van der Waals surface area contributed by atoms with E-state index < -0.39 is 0 Å². The number of benzene rings is 1. The van der Waals surface area contributed by atoms with Crippen LogP contribution in [-0.4, -0.2) is 26.1 Å². The molecule has 1 N–H and O–H groups in total. The Morgan fingerprint density at radius 3 is 2.25 bits per heavy atom. The van der Waals surface area contributed by atoms with E-state index in [0.29, 0.717) is 0 Å². The molecular weight excluding hydrogens is 198 g/mol. The molecule has 0 atom stereocenters. The Balaban J connectivity index is 0.00000225. The molecule has 92 valence electrons. The Kier molecular flexibility index (Phi) is 6.31. The first kappa shape index (κ1) is 15.1. The fourth-order valence-corrected chi connectivity index (χ4v) is 2.12. The summed E-state index contributed by atoms with van der Waals surface area (Å²) in [4.78, 5) is 0. The molecular formula is C14H25NO. The highest BCUT2D eigenvalue weighted by Crippen LogP contribution is 2.23. The molecule has 0 unspecified atom stereocenters. The molecule has 1 rings (SSSR count). The van der Waals surface area contributed by atoms with Gasteiger partial charge in [-0.05, 0) is 25.8 Å². The smallest absolute Gasteiger partial charge is 0.135 e. The summed E-state index contributed by atoms with van der Waals surface area (Å²) in [6.45, 7) is 5.70. The first-order valence-corrected chi connectivity index (χ1v) is 5.97. The maximum Gasteiger partial charge on any atom is 0.135 e. The maximum atomic E-state index is 2.30. The van der Waals surface area contributed by atoms with Gasteiger partial charge in [0.1, 0.15) is 5.69 Å². The molecule has 16 heavy (non-hydrogen) atoms. The van der Waals surface area contributed by atoms with Crippen molar-refractivity contribution in [2.75, 3.05) is 20.6 Å². The van der Waals surface area contributed by atoms with Crippen LogP contribution in [0.4, 0.5) is 5.69 Å². The van der Waals surface area contributed by atoms with Gasteiger partial charge in [0, 0.05) is 5.56 Å². The number of para-hydroxylation sites is 1. The zero-order valence-corrected chi connectivity index (χ0v) is 11.0. The van der Waals surface area contributed by atoms with Gasteiger partial charge in [0.2, 0.25) is 0 Å². The summed E-state index contributed by atoms with van der Waals surface area (Å²) in [5.74, 6) is 0. The first-order chi connectivity index (χ1) is 7.08. The van der Waals surface area contributed by atoms with E-state index in [1.807, 2.05) is 0 Å². The third-order valence-electron chi connectivity index (χ3n) is 3.09. The van der Waals surface area contributed by atoms with Crippen molar-refractivity contribution >= 4 is 5.69 Å². The Labute approximate surface area is 99.8 Å². The maximum absolute atomic E-state index is 2.30. The number of unbranched alkanes of at least 4 members (excludes halogenated alkanes) is 2. The molecule has 0 spiro atoms. The molecule has 0 aliphatic rings. The molecule has 0 saturated carbocycles. The molecule has 1 aromatic carbocycles. The van der Waals surface area contributed by atoms with Crippen molar-refractivity contribution in [3.8, 4) is 0 Å². The highest BCUT2D eigenvalue weighted by atomic mass is 16.0. The summed E-state index contributed by atoms with van der Waals surface area (Å²) < 4.78 is 1.01. The fraction of sp³-hybridized carbons (Fsp3) is 0.571. The van der Waals surface area contributed by atoms with E-state index in [-0.39, 0.29) is 5.48 Å². The van der Waals surface area contributed by atoms with Crippen LogP contribution in [0, 0.1) is 6.92 Å². The molecule has 0 aliphatic heterocycles. The van der Waals surface area contributed by atoms with Crippen LogP contribution >= 0.6 is 0 Å². The van der Waals surface area contributed by atoms with Gasteiger partial charge in [0.15, 0.2) is 0 Å². The van der Waals surface area contributed by atoms with Crippen LogP contribution < -0.4 is 4.48 Å². The number of hydrogen-bond donors (Lipinski definition) is 0. The van der Waals surface area contributed by atoms with Crippen LogP contribution in [-0.2, 0) is 0 Å². The second-order valence-corrected chi connectivity index (χ2v) is 4.90. The normalized spacial score (nSPS) is 11.0. The SMILES string of the molecule is CCCCC[N+](C)(C)c1ccccc1C.[OH-]. The van der Waals surface area contributed by atoms with Gasteiger partial charge in [0.25, 0.3) is 0 Å². The summed E-state index contributed by atoms with van der Waals surface area (Å²) in [7, 11) is 4.61. The summed E-state index contributed by atoms with van der Waals surface area (Å²) in [5, 5.41) is 0. The van der Waals surface area contributed by atoms with Crippen molar-refractivity contribution in [1.29, 1.82) is 0 Å². The zero-order chi connectivity index (χ0) is 11.3. The predicted molar refractivity (Wildman–Crippen MR) is 71.1 cm³/mol. The molecule has 1 aromatic rings. The van der Waals surface area contributed by atoms with E-state index >= 15 is 0 Å². The molecule has 0 amide bonds. The number of hydrogen-bond acceptors (Lipinski definition) is 1. The van der Waals surface area contributed by atoms with Crippen LogP contribution in [0.5, 0.6) is 0 Å². The third-order valence-corrected chi connectivity index (χ3v) is 3.09. The quantitative estimate of drug-likeness (QED) is 0.554. The van der Waals surface area contributed by atoms with Gasteiger partial charge in [-0.25, -0.2) is 0 Å². The van der Waals surface area contributed by atoms with Crippen molar-refractivity contribution < 1.29 is 5.48 Å². The van der Waals surface area contributed by atoms with Gasteiger partial charge in [0.05, 0.1) is 20.6 Å². The third kappa shape index (κ3) is 3.95. The predicted octanol–water partition coefficient (Wildman–Crippen LogP) is 3.58. The molecule has 0 radical (unpaired) electrons. The summed E-state index contributed by atoms with van der Waals surface area (Å²) in [5.41, 5.74) is 2.85. The van der Waals surface area contributed by atoms with Crippen LogP contribution in [0.3, 0.4) is 0 Å². The van der Waals surface area contributed by atoms with Gasteiger partial charge in [-0.15, -0.1) is 0 Å². The molecule has 2 heteroatoms. The highest BCUT2D eigenvalue weighted by Gasteiger charge is 2.19. The molecule has 0 saturated heterocycles. The fourth-order valence-electron chi connectivity index (χ4n) is 2.12. The number of rotatable bonds is 5. The highest BCUT2D eigenvalue weighted by molar-refractivity contribution is 5.48. The lowest BCUT2D eigenvalue weighted by Gasteiger charge is -2.30. The van der Waals surface area contributed by atoms with Crippen molar-refractivity contribution in [1.82, 2.24) is 4.48 Å². The van der Waals surface area contributed by atoms with Crippen LogP contribution in [0.1, 0.15) is 31.7 Å². The van der Waals surface area contributed by atoms with Gasteiger partial charge in [-0.3, -0.25) is 4.48 Å². The van der Waals surface area contributed by atoms with Crippen molar-refractivity contribution in [3.05, 3.63) is 29.8 Å². The topological polar surface area (TPSA) is 30.0 Å². The zero-order valence-electron chi connectivity index (χ0n) is 11.0. The summed E-state index contributed by atoms with van der Waals surface area (Å²) >= 11 is 0. The van der Waals surface area contributed by atoms with E-state index in [1.165, 1.54) is 37.1 Å². The number of aryl methyl sites for hydroxylation is 1. The van der Waals surface area contributed by atoms with Gasteiger partial charge >= 0.3 is 0 Å². The van der Waals surface area contributed by atoms with E-state index in [1.54, 1.807) is 0 Å².